The van der Waals surface area contributed by atoms with E-state index in [9.17, 15) is 0 Å². The predicted molar refractivity (Wildman–Crippen MR) is 99.9 cm³/mol. The Hall–Kier alpha value is -1.61. The molecule has 0 atom stereocenters. The molecule has 0 aliphatic heterocycles. The number of hydrogen-bond donors (Lipinski definition) is 1. The average Bonchev–Trinajstić information content (AvgIpc) is 3.15. The first-order valence-electron chi connectivity index (χ1n) is 6.93. The van der Waals surface area contributed by atoms with E-state index < -0.39 is 0 Å². The fraction of sp³-hybridized carbons (Fsp3) is 0.0667. The highest BCUT2D eigenvalue weighted by atomic mass is 35.5. The van der Waals surface area contributed by atoms with E-state index in [1.54, 1.807) is 16.0 Å². The quantitative estimate of drug-likeness (QED) is 0.514. The molecule has 9 heteroatoms. The van der Waals surface area contributed by atoms with Crippen LogP contribution in [0.4, 0.5) is 0 Å². The summed E-state index contributed by atoms with van der Waals surface area (Å²) in [5.41, 5.74) is 2.76. The first-order chi connectivity index (χ1) is 11.6. The SMILES string of the molecule is Cc1ccc(-n2nnnc2Sc2nc3c(Cl)cccc3s2)c(S)c1. The Balaban J connectivity index is 1.73. The summed E-state index contributed by atoms with van der Waals surface area (Å²) in [6.45, 7) is 2.02. The first-order valence-corrected chi connectivity index (χ1v) is 9.39. The average molecular weight is 392 g/mol. The van der Waals surface area contributed by atoms with E-state index in [0.29, 0.717) is 10.2 Å². The Morgan fingerprint density at radius 2 is 2.12 bits per heavy atom. The lowest BCUT2D eigenvalue weighted by Crippen LogP contribution is -2.00. The molecule has 0 amide bonds. The number of halogens is 1. The first kappa shape index (κ1) is 15.9. The van der Waals surface area contributed by atoms with Gasteiger partial charge in [-0.05, 0) is 58.9 Å². The zero-order chi connectivity index (χ0) is 16.7. The van der Waals surface area contributed by atoms with Crippen molar-refractivity contribution in [3.05, 3.63) is 47.0 Å². The molecular weight excluding hydrogens is 382 g/mol. The van der Waals surface area contributed by atoms with Crippen molar-refractivity contribution in [2.24, 2.45) is 0 Å². The van der Waals surface area contributed by atoms with Gasteiger partial charge in [0.1, 0.15) is 5.52 Å². The summed E-state index contributed by atoms with van der Waals surface area (Å²) >= 11 is 13.7. The van der Waals surface area contributed by atoms with Crippen molar-refractivity contribution in [3.8, 4) is 5.69 Å². The van der Waals surface area contributed by atoms with Crippen LogP contribution < -0.4 is 0 Å². The number of para-hydroxylation sites is 1. The van der Waals surface area contributed by atoms with Crippen LogP contribution in [0.5, 0.6) is 0 Å². The largest absolute Gasteiger partial charge is 0.228 e. The van der Waals surface area contributed by atoms with Crippen LogP contribution in [0.25, 0.3) is 15.9 Å². The lowest BCUT2D eigenvalue weighted by Gasteiger charge is -2.06. The molecule has 0 bridgehead atoms. The molecule has 2 heterocycles. The number of thiol groups is 1. The molecule has 0 unspecified atom stereocenters. The van der Waals surface area contributed by atoms with E-state index in [4.69, 9.17) is 11.6 Å². The van der Waals surface area contributed by atoms with E-state index in [1.165, 1.54) is 11.8 Å². The van der Waals surface area contributed by atoms with Crippen molar-refractivity contribution in [2.75, 3.05) is 0 Å². The Kier molecular flexibility index (Phi) is 4.21. The topological polar surface area (TPSA) is 56.5 Å². The van der Waals surface area contributed by atoms with Crippen LogP contribution in [0.15, 0.2) is 50.8 Å². The number of rotatable bonds is 3. The number of nitrogens with zero attached hydrogens (tertiary/aromatic N) is 5. The van der Waals surface area contributed by atoms with Crippen LogP contribution in [0.1, 0.15) is 5.56 Å². The van der Waals surface area contributed by atoms with Crippen LogP contribution in [0, 0.1) is 6.92 Å². The number of fused-ring (bicyclic) bond motifs is 1. The van der Waals surface area contributed by atoms with Gasteiger partial charge in [0.15, 0.2) is 4.34 Å². The number of aromatic nitrogens is 5. The molecule has 0 aliphatic rings. The minimum atomic E-state index is 0.629. The van der Waals surface area contributed by atoms with Crippen LogP contribution in [0.2, 0.25) is 5.02 Å². The summed E-state index contributed by atoms with van der Waals surface area (Å²) in [6, 6.07) is 11.7. The van der Waals surface area contributed by atoms with Crippen LogP contribution in [-0.4, -0.2) is 25.2 Å². The predicted octanol–water partition coefficient (Wildman–Crippen LogP) is 4.67. The molecule has 4 rings (SSSR count). The molecule has 2 aromatic carbocycles. The minimum Gasteiger partial charge on any atom is -0.228 e. The van der Waals surface area contributed by atoms with Gasteiger partial charge in [0.2, 0.25) is 5.16 Å². The van der Waals surface area contributed by atoms with Gasteiger partial charge in [-0.3, -0.25) is 0 Å². The van der Waals surface area contributed by atoms with Crippen molar-refractivity contribution >= 4 is 57.5 Å². The second-order valence-corrected chi connectivity index (χ2v) is 8.17. The summed E-state index contributed by atoms with van der Waals surface area (Å²) in [6.07, 6.45) is 0. The molecule has 4 aromatic rings. The lowest BCUT2D eigenvalue weighted by atomic mass is 10.2. The van der Waals surface area contributed by atoms with E-state index >= 15 is 0 Å². The normalized spacial score (nSPS) is 11.3. The van der Waals surface area contributed by atoms with E-state index in [-0.39, 0.29) is 0 Å². The number of benzene rings is 2. The molecule has 2 aromatic heterocycles. The highest BCUT2D eigenvalue weighted by molar-refractivity contribution is 8.01. The molecule has 0 aliphatic carbocycles. The number of aryl methyl sites for hydroxylation is 1. The summed E-state index contributed by atoms with van der Waals surface area (Å²) in [5.74, 6) is 0. The maximum absolute atomic E-state index is 6.19. The second kappa shape index (κ2) is 6.36. The van der Waals surface area contributed by atoms with Crippen molar-refractivity contribution in [2.45, 2.75) is 21.3 Å². The Labute approximate surface area is 156 Å². The lowest BCUT2D eigenvalue weighted by molar-refractivity contribution is 0.744. The minimum absolute atomic E-state index is 0.629. The molecule has 0 spiro atoms. The number of tetrazole rings is 1. The zero-order valence-electron chi connectivity index (χ0n) is 12.3. The molecule has 5 nitrogen and oxygen atoms in total. The van der Waals surface area contributed by atoms with Gasteiger partial charge in [-0.15, -0.1) is 29.1 Å². The third kappa shape index (κ3) is 2.90. The molecular formula is C15H10ClN5S3. The Morgan fingerprint density at radius 1 is 1.25 bits per heavy atom. The summed E-state index contributed by atoms with van der Waals surface area (Å²) < 4.78 is 3.54. The van der Waals surface area contributed by atoms with E-state index in [2.05, 4.69) is 33.1 Å². The molecule has 0 N–H and O–H groups in total. The third-order valence-electron chi connectivity index (χ3n) is 3.33. The van der Waals surface area contributed by atoms with E-state index in [1.807, 2.05) is 43.3 Å². The fourth-order valence-corrected chi connectivity index (χ4v) is 4.84. The number of thiazole rings is 1. The number of hydrogen-bond acceptors (Lipinski definition) is 7. The van der Waals surface area contributed by atoms with Crippen LogP contribution >= 0.6 is 47.3 Å². The summed E-state index contributed by atoms with van der Waals surface area (Å²) in [5, 5.41) is 13.3. The fourth-order valence-electron chi connectivity index (χ4n) is 2.22. The summed E-state index contributed by atoms with van der Waals surface area (Å²) in [4.78, 5) is 5.40. The van der Waals surface area contributed by atoms with Gasteiger partial charge in [0, 0.05) is 4.90 Å². The zero-order valence-corrected chi connectivity index (χ0v) is 15.6. The maximum atomic E-state index is 6.19. The Morgan fingerprint density at radius 3 is 2.92 bits per heavy atom. The van der Waals surface area contributed by atoms with Crippen LogP contribution in [-0.2, 0) is 0 Å². The van der Waals surface area contributed by atoms with Gasteiger partial charge in [-0.2, -0.15) is 4.68 Å². The van der Waals surface area contributed by atoms with Gasteiger partial charge in [0.25, 0.3) is 0 Å². The standard InChI is InChI=1S/C15H10ClN5S3/c1-8-5-6-10(11(22)7-8)21-14(18-19-20-21)24-15-17-13-9(16)3-2-4-12(13)23-15/h2-7,22H,1H3. The van der Waals surface area contributed by atoms with Gasteiger partial charge in [-0.25, -0.2) is 4.98 Å². The van der Waals surface area contributed by atoms with Gasteiger partial charge >= 0.3 is 0 Å². The third-order valence-corrected chi connectivity index (χ3v) is 6.01. The van der Waals surface area contributed by atoms with E-state index in [0.717, 1.165) is 30.7 Å². The highest BCUT2D eigenvalue weighted by Crippen LogP contribution is 2.36. The van der Waals surface area contributed by atoms with Gasteiger partial charge < -0.3 is 0 Å². The van der Waals surface area contributed by atoms with Crippen molar-refractivity contribution < 1.29 is 0 Å². The van der Waals surface area contributed by atoms with Gasteiger partial charge in [-0.1, -0.05) is 23.7 Å². The monoisotopic (exact) mass is 391 g/mol. The van der Waals surface area contributed by atoms with Crippen molar-refractivity contribution in [3.63, 3.8) is 0 Å². The van der Waals surface area contributed by atoms with Crippen molar-refractivity contribution in [1.82, 2.24) is 25.2 Å². The highest BCUT2D eigenvalue weighted by Gasteiger charge is 2.15. The second-order valence-electron chi connectivity index (χ2n) is 5.03. The maximum Gasteiger partial charge on any atom is 0.221 e. The molecule has 0 fully saturated rings. The summed E-state index contributed by atoms with van der Waals surface area (Å²) in [7, 11) is 0. The Bertz CT molecular complexity index is 1040. The van der Waals surface area contributed by atoms with Crippen LogP contribution in [0.3, 0.4) is 0 Å². The van der Waals surface area contributed by atoms with Crippen molar-refractivity contribution in [1.29, 1.82) is 0 Å². The van der Waals surface area contributed by atoms with Gasteiger partial charge in [0.05, 0.1) is 15.4 Å². The molecule has 0 saturated heterocycles. The molecule has 0 radical (unpaired) electrons. The molecule has 24 heavy (non-hydrogen) atoms. The molecule has 0 saturated carbocycles. The smallest absolute Gasteiger partial charge is 0.221 e. The molecule has 120 valence electrons.